The molecule has 2 rings (SSSR count). The molecule has 0 spiro atoms. The van der Waals surface area contributed by atoms with Crippen LogP contribution in [0.25, 0.3) is 0 Å². The normalized spacial score (nSPS) is 20.7. The van der Waals surface area contributed by atoms with Crippen LogP contribution in [0, 0.1) is 0 Å². The quantitative estimate of drug-likeness (QED) is 0.780. The average molecular weight is 323 g/mol. The summed E-state index contributed by atoms with van der Waals surface area (Å²) in [7, 11) is 0. The zero-order valence-electron chi connectivity index (χ0n) is 12.9. The number of ether oxygens (including phenoxy) is 2. The highest BCUT2D eigenvalue weighted by Gasteiger charge is 2.48. The molecule has 1 aromatic rings. The Balaban J connectivity index is 2.36. The second-order valence-electron chi connectivity index (χ2n) is 4.83. The van der Waals surface area contributed by atoms with Gasteiger partial charge in [-0.15, -0.1) is 11.8 Å². The number of rotatable bonds is 5. The van der Waals surface area contributed by atoms with E-state index < -0.39 is 4.87 Å². The fourth-order valence-electron chi connectivity index (χ4n) is 2.60. The van der Waals surface area contributed by atoms with Crippen molar-refractivity contribution in [3.63, 3.8) is 0 Å². The molecule has 0 N–H and O–H groups in total. The first kappa shape index (κ1) is 16.7. The van der Waals surface area contributed by atoms with Gasteiger partial charge >= 0.3 is 12.1 Å². The lowest BCUT2D eigenvalue weighted by Crippen LogP contribution is -2.45. The average Bonchev–Trinajstić information content (AvgIpc) is 2.93. The molecule has 1 saturated heterocycles. The largest absolute Gasteiger partial charge is 0.466 e. The van der Waals surface area contributed by atoms with Gasteiger partial charge in [0.1, 0.15) is 4.87 Å². The first-order valence-corrected chi connectivity index (χ1v) is 8.42. The molecule has 1 fully saturated rings. The fourth-order valence-corrected chi connectivity index (χ4v) is 4.05. The molecule has 1 aromatic carbocycles. The third kappa shape index (κ3) is 3.38. The van der Waals surface area contributed by atoms with Crippen LogP contribution >= 0.6 is 11.8 Å². The highest BCUT2D eigenvalue weighted by molar-refractivity contribution is 8.00. The van der Waals surface area contributed by atoms with Crippen molar-refractivity contribution in [2.75, 3.05) is 25.5 Å². The minimum Gasteiger partial charge on any atom is -0.466 e. The molecule has 5 nitrogen and oxygen atoms in total. The Labute approximate surface area is 135 Å². The smallest absolute Gasteiger partial charge is 0.411 e. The molecule has 0 aromatic heterocycles. The number of hydrogen-bond acceptors (Lipinski definition) is 5. The molecule has 1 unspecified atom stereocenters. The van der Waals surface area contributed by atoms with E-state index in [1.807, 2.05) is 30.3 Å². The molecule has 1 amide bonds. The Hall–Kier alpha value is -1.69. The van der Waals surface area contributed by atoms with Gasteiger partial charge in [0, 0.05) is 12.3 Å². The zero-order chi connectivity index (χ0) is 16.0. The van der Waals surface area contributed by atoms with Crippen LogP contribution in [0.2, 0.25) is 0 Å². The molecule has 1 atom stereocenters. The summed E-state index contributed by atoms with van der Waals surface area (Å²) in [5, 5.41) is 0. The summed E-state index contributed by atoms with van der Waals surface area (Å²) in [5.74, 6) is 0.447. The lowest BCUT2D eigenvalue weighted by atomic mass is 10.0. The summed E-state index contributed by atoms with van der Waals surface area (Å²) in [6.07, 6.45) is -0.269. The standard InChI is InChI=1S/C16H21NO4S/c1-3-20-14(18)12-16(13-8-6-5-7-9-13)17(10-11-22-16)15(19)21-4-2/h5-9H,3-4,10-12H2,1-2H3. The van der Waals surface area contributed by atoms with Crippen molar-refractivity contribution in [3.8, 4) is 0 Å². The van der Waals surface area contributed by atoms with Gasteiger partial charge in [-0.3, -0.25) is 9.69 Å². The van der Waals surface area contributed by atoms with E-state index in [1.165, 1.54) is 0 Å². The highest BCUT2D eigenvalue weighted by Crippen LogP contribution is 2.47. The van der Waals surface area contributed by atoms with Gasteiger partial charge in [-0.2, -0.15) is 0 Å². The number of carbonyl (C=O) groups excluding carboxylic acids is 2. The van der Waals surface area contributed by atoms with Crippen LogP contribution < -0.4 is 0 Å². The number of thioether (sulfide) groups is 1. The maximum absolute atomic E-state index is 12.3. The van der Waals surface area contributed by atoms with Gasteiger partial charge in [0.2, 0.25) is 0 Å². The van der Waals surface area contributed by atoms with Gasteiger partial charge in [0.15, 0.2) is 0 Å². The second-order valence-corrected chi connectivity index (χ2v) is 6.20. The van der Waals surface area contributed by atoms with E-state index in [1.54, 1.807) is 30.5 Å². The Morgan fingerprint density at radius 3 is 2.50 bits per heavy atom. The third-order valence-corrected chi connectivity index (χ3v) is 4.96. The molecule has 22 heavy (non-hydrogen) atoms. The minimum atomic E-state index is -0.750. The third-order valence-electron chi connectivity index (χ3n) is 3.49. The minimum absolute atomic E-state index is 0.119. The summed E-state index contributed by atoms with van der Waals surface area (Å²) < 4.78 is 10.3. The predicted molar refractivity (Wildman–Crippen MR) is 85.6 cm³/mol. The van der Waals surface area contributed by atoms with Crippen molar-refractivity contribution in [2.45, 2.75) is 25.1 Å². The molecule has 0 radical (unpaired) electrons. The van der Waals surface area contributed by atoms with E-state index in [2.05, 4.69) is 0 Å². The zero-order valence-corrected chi connectivity index (χ0v) is 13.7. The Morgan fingerprint density at radius 2 is 1.86 bits per heavy atom. The molecule has 120 valence electrons. The summed E-state index contributed by atoms with van der Waals surface area (Å²) >= 11 is 1.58. The van der Waals surface area contributed by atoms with Gasteiger partial charge in [-0.25, -0.2) is 4.79 Å². The topological polar surface area (TPSA) is 55.8 Å². The molecule has 1 heterocycles. The van der Waals surface area contributed by atoms with E-state index in [0.717, 1.165) is 11.3 Å². The summed E-state index contributed by atoms with van der Waals surface area (Å²) in [5.41, 5.74) is 0.915. The fraction of sp³-hybridized carbons (Fsp3) is 0.500. The molecule has 1 aliphatic rings. The van der Waals surface area contributed by atoms with E-state index in [9.17, 15) is 9.59 Å². The van der Waals surface area contributed by atoms with E-state index in [4.69, 9.17) is 9.47 Å². The molecule has 0 saturated carbocycles. The van der Waals surface area contributed by atoms with Crippen molar-refractivity contribution in [1.29, 1.82) is 0 Å². The molecule has 0 bridgehead atoms. The Kier molecular flexibility index (Phi) is 5.71. The number of amides is 1. The number of hydrogen-bond donors (Lipinski definition) is 0. The first-order chi connectivity index (χ1) is 10.6. The highest BCUT2D eigenvalue weighted by atomic mass is 32.2. The van der Waals surface area contributed by atoms with Gasteiger partial charge in [0.05, 0.1) is 19.6 Å². The molecule has 0 aliphatic carbocycles. The van der Waals surface area contributed by atoms with Crippen LogP contribution in [-0.2, 0) is 19.1 Å². The Bertz CT molecular complexity index is 522. The number of nitrogens with zero attached hydrogens (tertiary/aromatic N) is 1. The number of esters is 1. The molecular formula is C16H21NO4S. The number of benzene rings is 1. The lowest BCUT2D eigenvalue weighted by molar-refractivity contribution is -0.144. The predicted octanol–water partition coefficient (Wildman–Crippen LogP) is 3.00. The van der Waals surface area contributed by atoms with Crippen molar-refractivity contribution in [1.82, 2.24) is 4.90 Å². The Morgan fingerprint density at radius 1 is 1.18 bits per heavy atom. The summed E-state index contributed by atoms with van der Waals surface area (Å²) in [4.78, 5) is 25.3. The van der Waals surface area contributed by atoms with Gasteiger partial charge in [-0.05, 0) is 19.4 Å². The molecule has 1 aliphatic heterocycles. The van der Waals surface area contributed by atoms with E-state index in [-0.39, 0.29) is 18.5 Å². The number of carbonyl (C=O) groups is 2. The van der Waals surface area contributed by atoms with Crippen LogP contribution in [0.1, 0.15) is 25.8 Å². The maximum Gasteiger partial charge on any atom is 0.411 e. The van der Waals surface area contributed by atoms with Crippen LogP contribution in [-0.4, -0.2) is 42.5 Å². The van der Waals surface area contributed by atoms with Crippen LogP contribution in [0.15, 0.2) is 30.3 Å². The van der Waals surface area contributed by atoms with Crippen molar-refractivity contribution in [2.24, 2.45) is 0 Å². The van der Waals surface area contributed by atoms with Gasteiger partial charge < -0.3 is 9.47 Å². The SMILES string of the molecule is CCOC(=O)CC1(c2ccccc2)SCCN1C(=O)OCC. The van der Waals surface area contributed by atoms with Crippen molar-refractivity contribution < 1.29 is 19.1 Å². The van der Waals surface area contributed by atoms with Crippen LogP contribution in [0.3, 0.4) is 0 Å². The van der Waals surface area contributed by atoms with Gasteiger partial charge in [0.25, 0.3) is 0 Å². The van der Waals surface area contributed by atoms with Crippen molar-refractivity contribution >= 4 is 23.8 Å². The van der Waals surface area contributed by atoms with Crippen LogP contribution in [0.5, 0.6) is 0 Å². The molecule has 6 heteroatoms. The van der Waals surface area contributed by atoms with Crippen molar-refractivity contribution in [3.05, 3.63) is 35.9 Å². The maximum atomic E-state index is 12.3. The summed E-state index contributed by atoms with van der Waals surface area (Å²) in [6.45, 7) is 4.74. The van der Waals surface area contributed by atoms with E-state index >= 15 is 0 Å². The molecular weight excluding hydrogens is 302 g/mol. The first-order valence-electron chi connectivity index (χ1n) is 7.43. The second kappa shape index (κ2) is 7.54. The monoisotopic (exact) mass is 323 g/mol. The van der Waals surface area contributed by atoms with Gasteiger partial charge in [-0.1, -0.05) is 30.3 Å². The van der Waals surface area contributed by atoms with E-state index in [0.29, 0.717) is 19.8 Å². The lowest BCUT2D eigenvalue weighted by Gasteiger charge is -2.36. The van der Waals surface area contributed by atoms with Crippen LogP contribution in [0.4, 0.5) is 4.79 Å². The summed E-state index contributed by atoms with van der Waals surface area (Å²) in [6, 6.07) is 9.60.